The number of nitrogen functional groups attached to an aromatic ring is 1. The van der Waals surface area contributed by atoms with E-state index in [-0.39, 0.29) is 0 Å². The van der Waals surface area contributed by atoms with Crippen LogP contribution in [0.15, 0.2) is 18.6 Å². The van der Waals surface area contributed by atoms with Crippen LogP contribution in [0.1, 0.15) is 39.0 Å². The zero-order valence-electron chi connectivity index (χ0n) is 12.4. The molecule has 114 valence electrons. The third kappa shape index (κ3) is 2.95. The molecule has 6 nitrogen and oxygen atoms in total. The molecule has 2 aromatic heterocycles. The first-order chi connectivity index (χ1) is 10.1. The molecule has 2 heterocycles. The van der Waals surface area contributed by atoms with Crippen molar-refractivity contribution in [2.24, 2.45) is 5.92 Å². The zero-order chi connectivity index (χ0) is 14.9. The number of hydrogen-bond acceptors (Lipinski definition) is 5. The third-order valence-corrected chi connectivity index (χ3v) is 4.59. The monoisotopic (exact) mass is 289 g/mol. The van der Waals surface area contributed by atoms with E-state index in [1.54, 1.807) is 12.4 Å². The van der Waals surface area contributed by atoms with E-state index in [0.29, 0.717) is 18.2 Å². The van der Waals surface area contributed by atoms with E-state index in [4.69, 9.17) is 5.73 Å². The van der Waals surface area contributed by atoms with Gasteiger partial charge in [-0.15, -0.1) is 0 Å². The zero-order valence-corrected chi connectivity index (χ0v) is 12.4. The van der Waals surface area contributed by atoms with Gasteiger partial charge in [-0.2, -0.15) is 0 Å². The van der Waals surface area contributed by atoms with Crippen LogP contribution in [0.5, 0.6) is 0 Å². The molecule has 0 unspecified atom stereocenters. The van der Waals surface area contributed by atoms with Gasteiger partial charge in [0.1, 0.15) is 5.82 Å². The minimum Gasteiger partial charge on any atom is -0.388 e. The summed E-state index contributed by atoms with van der Waals surface area (Å²) in [5.74, 6) is 1.82. The third-order valence-electron chi connectivity index (χ3n) is 4.59. The molecule has 0 saturated heterocycles. The summed E-state index contributed by atoms with van der Waals surface area (Å²) in [6.07, 6.45) is 10.3. The molecule has 0 aromatic carbocycles. The van der Waals surface area contributed by atoms with Crippen molar-refractivity contribution in [3.8, 4) is 0 Å². The molecule has 1 fully saturated rings. The van der Waals surface area contributed by atoms with Crippen molar-refractivity contribution in [1.82, 2.24) is 14.4 Å². The Kier molecular flexibility index (Phi) is 3.71. The van der Waals surface area contributed by atoms with E-state index >= 15 is 0 Å². The second-order valence-electron chi connectivity index (χ2n) is 6.10. The van der Waals surface area contributed by atoms with Gasteiger partial charge in [-0.3, -0.25) is 0 Å². The Balaban J connectivity index is 1.70. The average Bonchev–Trinajstić information content (AvgIpc) is 2.94. The maximum atomic E-state index is 10.7. The molecule has 0 aliphatic heterocycles. The number of nitrogens with zero attached hydrogens (tertiary/aromatic N) is 3. The Bertz CT molecular complexity index is 616. The molecule has 1 aliphatic rings. The molecule has 4 N–H and O–H groups in total. The molecule has 1 aliphatic carbocycles. The van der Waals surface area contributed by atoms with Crippen LogP contribution in [0.25, 0.3) is 5.65 Å². The Morgan fingerprint density at radius 1 is 1.48 bits per heavy atom. The normalized spacial score (nSPS) is 26.1. The van der Waals surface area contributed by atoms with E-state index in [1.807, 2.05) is 10.6 Å². The van der Waals surface area contributed by atoms with Crippen LogP contribution in [-0.4, -0.2) is 31.6 Å². The van der Waals surface area contributed by atoms with Crippen LogP contribution in [0.2, 0.25) is 0 Å². The van der Waals surface area contributed by atoms with Crippen LogP contribution in [0, 0.1) is 5.92 Å². The van der Waals surface area contributed by atoms with E-state index in [2.05, 4.69) is 22.2 Å². The summed E-state index contributed by atoms with van der Waals surface area (Å²) < 4.78 is 1.84. The fraction of sp³-hybridized carbons (Fsp3) is 0.600. The van der Waals surface area contributed by atoms with Crippen LogP contribution < -0.4 is 11.1 Å². The molecule has 6 heteroatoms. The van der Waals surface area contributed by atoms with Gasteiger partial charge in [-0.1, -0.05) is 13.3 Å². The first-order valence-corrected chi connectivity index (χ1v) is 7.65. The maximum Gasteiger partial charge on any atom is 0.180 e. The maximum absolute atomic E-state index is 10.7. The topological polar surface area (TPSA) is 88.5 Å². The lowest BCUT2D eigenvalue weighted by Gasteiger charge is -2.36. The first kappa shape index (κ1) is 14.1. The van der Waals surface area contributed by atoms with E-state index in [9.17, 15) is 5.11 Å². The minimum atomic E-state index is -0.651. The quantitative estimate of drug-likeness (QED) is 0.801. The highest BCUT2D eigenvalue weighted by Crippen LogP contribution is 2.33. The number of aliphatic hydroxyl groups is 1. The summed E-state index contributed by atoms with van der Waals surface area (Å²) in [6.45, 7) is 2.71. The Morgan fingerprint density at radius 3 is 2.95 bits per heavy atom. The molecule has 21 heavy (non-hydrogen) atoms. The van der Waals surface area contributed by atoms with Gasteiger partial charge in [0.15, 0.2) is 11.5 Å². The highest BCUT2D eigenvalue weighted by molar-refractivity contribution is 5.64. The molecule has 0 bridgehead atoms. The molecule has 3 rings (SSSR count). The molecule has 0 radical (unpaired) electrons. The number of aromatic nitrogens is 3. The number of rotatable bonds is 4. The SMILES string of the molecule is CCC1CCC(O)(CNc2nc(N)cn3ccnc23)CC1. The van der Waals surface area contributed by atoms with Gasteiger partial charge in [0, 0.05) is 18.9 Å². The van der Waals surface area contributed by atoms with Crippen LogP contribution in [0.3, 0.4) is 0 Å². The van der Waals surface area contributed by atoms with Crippen LogP contribution in [-0.2, 0) is 0 Å². The molecule has 0 spiro atoms. The number of hydrogen-bond donors (Lipinski definition) is 3. The van der Waals surface area contributed by atoms with Crippen LogP contribution >= 0.6 is 0 Å². The number of nitrogens with two attached hydrogens (primary N) is 1. The summed E-state index contributed by atoms with van der Waals surface area (Å²) in [6, 6.07) is 0. The lowest BCUT2D eigenvalue weighted by atomic mass is 9.78. The largest absolute Gasteiger partial charge is 0.388 e. The van der Waals surface area contributed by atoms with E-state index < -0.39 is 5.60 Å². The summed E-state index contributed by atoms with van der Waals surface area (Å²) in [5.41, 5.74) is 5.88. The molecular weight excluding hydrogens is 266 g/mol. The fourth-order valence-corrected chi connectivity index (χ4v) is 3.12. The summed E-state index contributed by atoms with van der Waals surface area (Å²) in [4.78, 5) is 8.56. The number of fused-ring (bicyclic) bond motifs is 1. The predicted molar refractivity (Wildman–Crippen MR) is 83.1 cm³/mol. The Hall–Kier alpha value is -1.82. The van der Waals surface area contributed by atoms with Crippen molar-refractivity contribution in [3.63, 3.8) is 0 Å². The Morgan fingerprint density at radius 2 is 2.24 bits per heavy atom. The summed E-state index contributed by atoms with van der Waals surface area (Å²) in [5, 5.41) is 13.9. The predicted octanol–water partition coefficient (Wildman–Crippen LogP) is 2.05. The van der Waals surface area contributed by atoms with Gasteiger partial charge >= 0.3 is 0 Å². The Labute approximate surface area is 124 Å². The van der Waals surface area contributed by atoms with Crippen molar-refractivity contribution in [1.29, 1.82) is 0 Å². The molecule has 0 atom stereocenters. The number of imidazole rings is 1. The van der Waals surface area contributed by atoms with Gasteiger partial charge in [0.25, 0.3) is 0 Å². The fourth-order valence-electron chi connectivity index (χ4n) is 3.12. The molecular formula is C15H23N5O. The van der Waals surface area contributed by atoms with E-state index in [0.717, 1.165) is 37.2 Å². The van der Waals surface area contributed by atoms with Crippen molar-refractivity contribution in [2.45, 2.75) is 44.6 Å². The summed E-state index contributed by atoms with van der Waals surface area (Å²) in [7, 11) is 0. The number of nitrogens with one attached hydrogen (secondary N) is 1. The van der Waals surface area contributed by atoms with Crippen molar-refractivity contribution in [3.05, 3.63) is 18.6 Å². The lowest BCUT2D eigenvalue weighted by molar-refractivity contribution is 0.00225. The molecule has 0 amide bonds. The minimum absolute atomic E-state index is 0.435. The average molecular weight is 289 g/mol. The van der Waals surface area contributed by atoms with Gasteiger partial charge in [-0.25, -0.2) is 9.97 Å². The summed E-state index contributed by atoms with van der Waals surface area (Å²) >= 11 is 0. The smallest absolute Gasteiger partial charge is 0.180 e. The molecule has 1 saturated carbocycles. The van der Waals surface area contributed by atoms with Crippen molar-refractivity contribution >= 4 is 17.3 Å². The highest BCUT2D eigenvalue weighted by Gasteiger charge is 2.32. The van der Waals surface area contributed by atoms with Crippen molar-refractivity contribution in [2.75, 3.05) is 17.6 Å². The van der Waals surface area contributed by atoms with Gasteiger partial charge in [0.05, 0.1) is 11.8 Å². The molecule has 2 aromatic rings. The van der Waals surface area contributed by atoms with E-state index in [1.165, 1.54) is 6.42 Å². The second-order valence-corrected chi connectivity index (χ2v) is 6.10. The van der Waals surface area contributed by atoms with Gasteiger partial charge in [-0.05, 0) is 31.6 Å². The van der Waals surface area contributed by atoms with Gasteiger partial charge < -0.3 is 20.6 Å². The first-order valence-electron chi connectivity index (χ1n) is 7.65. The second kappa shape index (κ2) is 5.52. The van der Waals surface area contributed by atoms with Crippen LogP contribution in [0.4, 0.5) is 11.6 Å². The highest BCUT2D eigenvalue weighted by atomic mass is 16.3. The van der Waals surface area contributed by atoms with Gasteiger partial charge in [0.2, 0.25) is 0 Å². The lowest BCUT2D eigenvalue weighted by Crippen LogP contribution is -2.40. The van der Waals surface area contributed by atoms with Crippen molar-refractivity contribution < 1.29 is 5.11 Å². The number of anilines is 2. The standard InChI is InChI=1S/C15H23N5O/c1-2-11-3-5-15(21,6-4-11)10-18-13-14-17-7-8-20(14)9-12(16)19-13/h7-9,11,21H,2-6,10,16H2,1H3,(H,18,19).